The van der Waals surface area contributed by atoms with Gasteiger partial charge in [0.2, 0.25) is 0 Å². The fourth-order valence-electron chi connectivity index (χ4n) is 2.29. The molecule has 21 heavy (non-hydrogen) atoms. The highest BCUT2D eigenvalue weighted by Crippen LogP contribution is 2.24. The lowest BCUT2D eigenvalue weighted by molar-refractivity contribution is 1.40. The highest BCUT2D eigenvalue weighted by molar-refractivity contribution is 7.80. The zero-order valence-corrected chi connectivity index (χ0v) is 12.4. The van der Waals surface area contributed by atoms with Crippen LogP contribution in [0.3, 0.4) is 0 Å². The fraction of sp³-hybridized carbons (Fsp3) is 0.0588. The monoisotopic (exact) mass is 293 g/mol. The van der Waals surface area contributed by atoms with Gasteiger partial charge in [0.05, 0.1) is 5.52 Å². The molecular formula is C17H15N3S. The average molecular weight is 293 g/mol. The van der Waals surface area contributed by atoms with Gasteiger partial charge in [-0.2, -0.15) is 0 Å². The number of fused-ring (bicyclic) bond motifs is 1. The molecule has 104 valence electrons. The summed E-state index contributed by atoms with van der Waals surface area (Å²) in [7, 11) is 0. The summed E-state index contributed by atoms with van der Waals surface area (Å²) in [4.78, 5) is 4.71. The maximum absolute atomic E-state index is 5.79. The second-order valence-corrected chi connectivity index (χ2v) is 5.39. The normalized spacial score (nSPS) is 10.5. The molecule has 0 aliphatic rings. The molecule has 0 amide bonds. The highest BCUT2D eigenvalue weighted by atomic mass is 32.1. The van der Waals surface area contributed by atoms with E-state index in [0.717, 1.165) is 33.4 Å². The number of aromatic nitrogens is 1. The summed E-state index contributed by atoms with van der Waals surface area (Å²) >= 11 is 5.11. The zero-order valence-electron chi connectivity index (χ0n) is 11.6. The number of hydrogen-bond donors (Lipinski definition) is 2. The molecule has 0 aliphatic carbocycles. The first kappa shape index (κ1) is 13.5. The van der Waals surface area contributed by atoms with Gasteiger partial charge in [-0.3, -0.25) is 4.98 Å². The van der Waals surface area contributed by atoms with Crippen molar-refractivity contribution >= 4 is 39.5 Å². The van der Waals surface area contributed by atoms with Crippen molar-refractivity contribution in [1.29, 1.82) is 0 Å². The van der Waals surface area contributed by atoms with Gasteiger partial charge < -0.3 is 11.1 Å². The molecule has 0 bridgehead atoms. The molecule has 4 heteroatoms. The van der Waals surface area contributed by atoms with Crippen LogP contribution >= 0.6 is 12.2 Å². The Morgan fingerprint density at radius 3 is 2.81 bits per heavy atom. The van der Waals surface area contributed by atoms with Crippen molar-refractivity contribution in [2.24, 2.45) is 5.73 Å². The van der Waals surface area contributed by atoms with E-state index >= 15 is 0 Å². The van der Waals surface area contributed by atoms with E-state index in [-0.39, 0.29) is 0 Å². The third kappa shape index (κ3) is 2.85. The number of benzene rings is 2. The molecule has 3 rings (SSSR count). The SMILES string of the molecule is Cc1ccc(C(N)=S)c(Nc2ccc3ncccc3c2)c1. The first-order chi connectivity index (χ1) is 10.1. The topological polar surface area (TPSA) is 50.9 Å². The van der Waals surface area contributed by atoms with Crippen LogP contribution < -0.4 is 11.1 Å². The van der Waals surface area contributed by atoms with Gasteiger partial charge in [0.25, 0.3) is 0 Å². The third-order valence-corrected chi connectivity index (χ3v) is 3.54. The van der Waals surface area contributed by atoms with Gasteiger partial charge in [0.15, 0.2) is 0 Å². The van der Waals surface area contributed by atoms with Crippen molar-refractivity contribution in [3.05, 3.63) is 65.9 Å². The van der Waals surface area contributed by atoms with Crippen molar-refractivity contribution in [3.8, 4) is 0 Å². The van der Waals surface area contributed by atoms with E-state index in [1.54, 1.807) is 6.20 Å². The van der Waals surface area contributed by atoms with Gasteiger partial charge >= 0.3 is 0 Å². The standard InChI is InChI=1S/C17H15N3S/c1-11-4-6-14(17(18)21)16(9-11)20-13-5-7-15-12(10-13)3-2-8-19-15/h2-10,20H,1H3,(H2,18,21). The molecule has 0 aliphatic heterocycles. The molecule has 0 saturated carbocycles. The summed E-state index contributed by atoms with van der Waals surface area (Å²) in [6.45, 7) is 2.04. The number of nitrogens with two attached hydrogens (primary N) is 1. The molecule has 1 heterocycles. The minimum Gasteiger partial charge on any atom is -0.389 e. The Kier molecular flexibility index (Phi) is 3.54. The number of nitrogens with one attached hydrogen (secondary N) is 1. The van der Waals surface area contributed by atoms with Crippen molar-refractivity contribution in [2.75, 3.05) is 5.32 Å². The average Bonchev–Trinajstić information content (AvgIpc) is 2.47. The van der Waals surface area contributed by atoms with Crippen LogP contribution in [0.2, 0.25) is 0 Å². The van der Waals surface area contributed by atoms with Crippen LogP contribution in [0, 0.1) is 6.92 Å². The van der Waals surface area contributed by atoms with Gasteiger partial charge in [-0.25, -0.2) is 0 Å². The summed E-state index contributed by atoms with van der Waals surface area (Å²) in [5.74, 6) is 0. The number of nitrogens with zero attached hydrogens (tertiary/aromatic N) is 1. The molecule has 0 unspecified atom stereocenters. The van der Waals surface area contributed by atoms with E-state index in [4.69, 9.17) is 18.0 Å². The van der Waals surface area contributed by atoms with Gasteiger partial charge in [-0.05, 0) is 48.9 Å². The molecule has 0 atom stereocenters. The number of pyridine rings is 1. The van der Waals surface area contributed by atoms with Crippen LogP contribution in [0.4, 0.5) is 11.4 Å². The van der Waals surface area contributed by atoms with E-state index in [2.05, 4.69) is 16.4 Å². The summed E-state index contributed by atoms with van der Waals surface area (Å²) in [5, 5.41) is 4.48. The molecule has 2 aromatic carbocycles. The van der Waals surface area contributed by atoms with Crippen LogP contribution in [0.5, 0.6) is 0 Å². The van der Waals surface area contributed by atoms with Crippen molar-refractivity contribution in [3.63, 3.8) is 0 Å². The van der Waals surface area contributed by atoms with Gasteiger partial charge in [0, 0.05) is 28.5 Å². The zero-order chi connectivity index (χ0) is 14.8. The lowest BCUT2D eigenvalue weighted by Gasteiger charge is -2.12. The summed E-state index contributed by atoms with van der Waals surface area (Å²) in [6, 6.07) is 16.0. The quantitative estimate of drug-likeness (QED) is 0.719. The molecule has 3 aromatic rings. The smallest absolute Gasteiger partial charge is 0.106 e. The van der Waals surface area contributed by atoms with Crippen LogP contribution in [0.15, 0.2) is 54.7 Å². The highest BCUT2D eigenvalue weighted by Gasteiger charge is 2.06. The maximum atomic E-state index is 5.79. The number of aryl methyl sites for hydroxylation is 1. The second-order valence-electron chi connectivity index (χ2n) is 4.95. The van der Waals surface area contributed by atoms with Gasteiger partial charge in [-0.15, -0.1) is 0 Å². The molecule has 1 aromatic heterocycles. The Hall–Kier alpha value is -2.46. The molecule has 0 saturated heterocycles. The fourth-order valence-corrected chi connectivity index (χ4v) is 2.46. The maximum Gasteiger partial charge on any atom is 0.106 e. The van der Waals surface area contributed by atoms with E-state index in [9.17, 15) is 0 Å². The van der Waals surface area contributed by atoms with Gasteiger partial charge in [-0.1, -0.05) is 24.4 Å². The molecule has 0 fully saturated rings. The first-order valence-corrected chi connectivity index (χ1v) is 7.06. The third-order valence-electron chi connectivity index (χ3n) is 3.32. The minimum absolute atomic E-state index is 0.389. The van der Waals surface area contributed by atoms with E-state index < -0.39 is 0 Å². The molecule has 3 N–H and O–H groups in total. The van der Waals surface area contributed by atoms with Crippen LogP contribution in [0.25, 0.3) is 10.9 Å². The summed E-state index contributed by atoms with van der Waals surface area (Å²) in [6.07, 6.45) is 1.79. The van der Waals surface area contributed by atoms with E-state index in [0.29, 0.717) is 4.99 Å². The number of rotatable bonds is 3. The Bertz CT molecular complexity index is 827. The lowest BCUT2D eigenvalue weighted by atomic mass is 10.1. The summed E-state index contributed by atoms with van der Waals surface area (Å²) < 4.78 is 0. The van der Waals surface area contributed by atoms with Crippen LogP contribution in [-0.4, -0.2) is 9.97 Å². The van der Waals surface area contributed by atoms with Crippen molar-refractivity contribution in [2.45, 2.75) is 6.92 Å². The van der Waals surface area contributed by atoms with Gasteiger partial charge in [0.1, 0.15) is 4.99 Å². The first-order valence-electron chi connectivity index (χ1n) is 6.66. The Morgan fingerprint density at radius 2 is 2.00 bits per heavy atom. The Labute approximate surface area is 128 Å². The summed E-state index contributed by atoms with van der Waals surface area (Å²) in [5.41, 5.74) is 10.7. The molecular weight excluding hydrogens is 278 g/mol. The molecule has 3 nitrogen and oxygen atoms in total. The minimum atomic E-state index is 0.389. The van der Waals surface area contributed by atoms with Crippen LogP contribution in [0.1, 0.15) is 11.1 Å². The van der Waals surface area contributed by atoms with Crippen LogP contribution in [-0.2, 0) is 0 Å². The Balaban J connectivity index is 2.02. The molecule has 0 radical (unpaired) electrons. The number of thiocarbonyl (C=S) groups is 1. The van der Waals surface area contributed by atoms with Crippen molar-refractivity contribution < 1.29 is 0 Å². The van der Waals surface area contributed by atoms with E-state index in [1.165, 1.54) is 0 Å². The largest absolute Gasteiger partial charge is 0.389 e. The predicted octanol–water partition coefficient (Wildman–Crippen LogP) is 3.92. The lowest BCUT2D eigenvalue weighted by Crippen LogP contribution is -2.12. The van der Waals surface area contributed by atoms with Crippen molar-refractivity contribution in [1.82, 2.24) is 4.98 Å². The number of anilines is 2. The predicted molar refractivity (Wildman–Crippen MR) is 92.1 cm³/mol. The Morgan fingerprint density at radius 1 is 1.14 bits per heavy atom. The second kappa shape index (κ2) is 5.50. The number of hydrogen-bond acceptors (Lipinski definition) is 3. The molecule has 0 spiro atoms. The van der Waals surface area contributed by atoms with E-state index in [1.807, 2.05) is 49.4 Å².